The summed E-state index contributed by atoms with van der Waals surface area (Å²) in [6.07, 6.45) is 1.57. The molecule has 0 unspecified atom stereocenters. The van der Waals surface area contributed by atoms with Crippen LogP contribution in [0.4, 0.5) is 0 Å². The number of methoxy groups -OCH3 is 1. The SMILES string of the molecule is COC(=O)C(=Cc1ccc(C)cc1)NC(=O)c1ccc(Cl)cc1. The molecular weight excluding hydrogens is 314 g/mol. The van der Waals surface area contributed by atoms with Crippen molar-refractivity contribution in [1.29, 1.82) is 0 Å². The summed E-state index contributed by atoms with van der Waals surface area (Å²) in [7, 11) is 1.26. The fourth-order valence-electron chi connectivity index (χ4n) is 1.88. The van der Waals surface area contributed by atoms with E-state index >= 15 is 0 Å². The third-order valence-corrected chi connectivity index (χ3v) is 3.40. The van der Waals surface area contributed by atoms with Gasteiger partial charge < -0.3 is 10.1 Å². The molecule has 0 aromatic heterocycles. The molecule has 1 amide bonds. The Morgan fingerprint density at radius 1 is 1.04 bits per heavy atom. The lowest BCUT2D eigenvalue weighted by Crippen LogP contribution is -2.28. The van der Waals surface area contributed by atoms with Crippen LogP contribution in [-0.2, 0) is 9.53 Å². The second-order valence-corrected chi connectivity index (χ2v) is 5.36. The van der Waals surface area contributed by atoms with E-state index in [4.69, 9.17) is 16.3 Å². The third-order valence-electron chi connectivity index (χ3n) is 3.15. The molecule has 0 heterocycles. The molecule has 0 radical (unpaired) electrons. The fraction of sp³-hybridized carbons (Fsp3) is 0.111. The van der Waals surface area contributed by atoms with Crippen LogP contribution in [0.1, 0.15) is 21.5 Å². The zero-order chi connectivity index (χ0) is 16.8. The number of benzene rings is 2. The predicted molar refractivity (Wildman–Crippen MR) is 90.1 cm³/mol. The quantitative estimate of drug-likeness (QED) is 0.689. The number of ether oxygens (including phenoxy) is 1. The number of hydrogen-bond donors (Lipinski definition) is 1. The second kappa shape index (κ2) is 7.61. The van der Waals surface area contributed by atoms with Crippen molar-refractivity contribution in [2.75, 3.05) is 7.11 Å². The van der Waals surface area contributed by atoms with Gasteiger partial charge in [0.2, 0.25) is 0 Å². The summed E-state index contributed by atoms with van der Waals surface area (Å²) in [5.41, 5.74) is 2.35. The standard InChI is InChI=1S/C18H16ClNO3/c1-12-3-5-13(6-4-12)11-16(18(22)23-2)20-17(21)14-7-9-15(19)10-8-14/h3-11H,1-2H3,(H,20,21). The number of esters is 1. The fourth-order valence-corrected chi connectivity index (χ4v) is 2.01. The molecule has 0 bridgehead atoms. The van der Waals surface area contributed by atoms with Gasteiger partial charge in [0, 0.05) is 10.6 Å². The van der Waals surface area contributed by atoms with Crippen LogP contribution in [0.15, 0.2) is 54.2 Å². The third kappa shape index (κ3) is 4.69. The number of carbonyl (C=O) groups is 2. The number of rotatable bonds is 4. The van der Waals surface area contributed by atoms with Crippen molar-refractivity contribution in [3.63, 3.8) is 0 Å². The van der Waals surface area contributed by atoms with E-state index in [1.807, 2.05) is 31.2 Å². The number of hydrogen-bond acceptors (Lipinski definition) is 3. The summed E-state index contributed by atoms with van der Waals surface area (Å²) in [4.78, 5) is 24.1. The normalized spacial score (nSPS) is 11.0. The molecule has 2 aromatic carbocycles. The minimum Gasteiger partial charge on any atom is -0.464 e. The van der Waals surface area contributed by atoms with Crippen molar-refractivity contribution in [1.82, 2.24) is 5.32 Å². The van der Waals surface area contributed by atoms with Gasteiger partial charge in [0.05, 0.1) is 7.11 Å². The number of amides is 1. The molecule has 0 aliphatic rings. The molecular formula is C18H16ClNO3. The zero-order valence-electron chi connectivity index (χ0n) is 12.8. The summed E-state index contributed by atoms with van der Waals surface area (Å²) in [5.74, 6) is -1.03. The van der Waals surface area contributed by atoms with Gasteiger partial charge in [-0.2, -0.15) is 0 Å². The second-order valence-electron chi connectivity index (χ2n) is 4.92. The largest absolute Gasteiger partial charge is 0.464 e. The molecule has 1 N–H and O–H groups in total. The molecule has 5 heteroatoms. The lowest BCUT2D eigenvalue weighted by atomic mass is 10.1. The van der Waals surface area contributed by atoms with Gasteiger partial charge in [-0.25, -0.2) is 4.79 Å². The van der Waals surface area contributed by atoms with Crippen molar-refractivity contribution in [3.05, 3.63) is 75.9 Å². The molecule has 4 nitrogen and oxygen atoms in total. The highest BCUT2D eigenvalue weighted by atomic mass is 35.5. The Labute approximate surface area is 139 Å². The summed E-state index contributed by atoms with van der Waals surface area (Å²) < 4.78 is 4.72. The number of aryl methyl sites for hydroxylation is 1. The number of nitrogens with one attached hydrogen (secondary N) is 1. The number of halogens is 1. The first-order valence-corrected chi connectivity index (χ1v) is 7.31. The molecule has 0 atom stereocenters. The van der Waals surface area contributed by atoms with Crippen LogP contribution in [0.3, 0.4) is 0 Å². The van der Waals surface area contributed by atoms with E-state index in [1.165, 1.54) is 7.11 Å². The molecule has 0 aliphatic heterocycles. The van der Waals surface area contributed by atoms with Gasteiger partial charge in [0.25, 0.3) is 5.91 Å². The van der Waals surface area contributed by atoms with Gasteiger partial charge in [-0.15, -0.1) is 0 Å². The summed E-state index contributed by atoms with van der Waals surface area (Å²) in [6.45, 7) is 1.97. The van der Waals surface area contributed by atoms with Crippen molar-refractivity contribution in [3.8, 4) is 0 Å². The maximum absolute atomic E-state index is 12.2. The number of carbonyl (C=O) groups excluding carboxylic acids is 2. The van der Waals surface area contributed by atoms with E-state index in [9.17, 15) is 9.59 Å². The molecule has 2 aromatic rings. The van der Waals surface area contributed by atoms with Crippen molar-refractivity contribution < 1.29 is 14.3 Å². The van der Waals surface area contributed by atoms with E-state index in [1.54, 1.807) is 30.3 Å². The molecule has 118 valence electrons. The van der Waals surface area contributed by atoms with Crippen LogP contribution in [-0.4, -0.2) is 19.0 Å². The minimum absolute atomic E-state index is 0.0660. The highest BCUT2D eigenvalue weighted by molar-refractivity contribution is 6.30. The Kier molecular flexibility index (Phi) is 5.55. The lowest BCUT2D eigenvalue weighted by molar-refractivity contribution is -0.136. The molecule has 23 heavy (non-hydrogen) atoms. The van der Waals surface area contributed by atoms with E-state index in [0.717, 1.165) is 11.1 Å². The van der Waals surface area contributed by atoms with Crippen LogP contribution < -0.4 is 5.32 Å². The first-order chi connectivity index (χ1) is 11.0. The van der Waals surface area contributed by atoms with Gasteiger partial charge in [-0.3, -0.25) is 4.79 Å². The van der Waals surface area contributed by atoms with Crippen molar-refractivity contribution in [2.24, 2.45) is 0 Å². The van der Waals surface area contributed by atoms with Gasteiger partial charge in [0.15, 0.2) is 0 Å². The average molecular weight is 330 g/mol. The summed E-state index contributed by atoms with van der Waals surface area (Å²) >= 11 is 5.80. The molecule has 0 fully saturated rings. The van der Waals surface area contributed by atoms with Gasteiger partial charge in [-0.1, -0.05) is 41.4 Å². The van der Waals surface area contributed by atoms with Crippen LogP contribution in [0.25, 0.3) is 6.08 Å². The smallest absolute Gasteiger partial charge is 0.354 e. The average Bonchev–Trinajstić information content (AvgIpc) is 2.56. The highest BCUT2D eigenvalue weighted by Crippen LogP contribution is 2.12. The molecule has 0 saturated carbocycles. The van der Waals surface area contributed by atoms with Crippen molar-refractivity contribution in [2.45, 2.75) is 6.92 Å². The van der Waals surface area contributed by atoms with Crippen LogP contribution in [0.5, 0.6) is 0 Å². The molecule has 2 rings (SSSR count). The maximum atomic E-state index is 12.2. The van der Waals surface area contributed by atoms with E-state index < -0.39 is 11.9 Å². The van der Waals surface area contributed by atoms with E-state index in [0.29, 0.717) is 10.6 Å². The Hall–Kier alpha value is -2.59. The topological polar surface area (TPSA) is 55.4 Å². The van der Waals surface area contributed by atoms with Crippen molar-refractivity contribution >= 4 is 29.6 Å². The summed E-state index contributed by atoms with van der Waals surface area (Å²) in [6, 6.07) is 13.9. The molecule has 0 saturated heterocycles. The first-order valence-electron chi connectivity index (χ1n) is 6.93. The predicted octanol–water partition coefficient (Wildman–Crippen LogP) is 3.59. The monoisotopic (exact) mass is 329 g/mol. The van der Waals surface area contributed by atoms with E-state index in [2.05, 4.69) is 5.32 Å². The van der Waals surface area contributed by atoms with Crippen LogP contribution in [0.2, 0.25) is 5.02 Å². The van der Waals surface area contributed by atoms with Gasteiger partial charge in [-0.05, 0) is 42.8 Å². The van der Waals surface area contributed by atoms with Gasteiger partial charge >= 0.3 is 5.97 Å². The minimum atomic E-state index is -0.618. The molecule has 0 spiro atoms. The lowest BCUT2D eigenvalue weighted by Gasteiger charge is -2.08. The Bertz CT molecular complexity index is 734. The summed E-state index contributed by atoms with van der Waals surface area (Å²) in [5, 5.41) is 3.10. The molecule has 0 aliphatic carbocycles. The Morgan fingerprint density at radius 3 is 2.22 bits per heavy atom. The highest BCUT2D eigenvalue weighted by Gasteiger charge is 2.14. The zero-order valence-corrected chi connectivity index (χ0v) is 13.6. The van der Waals surface area contributed by atoms with Crippen LogP contribution in [0, 0.1) is 6.92 Å². The maximum Gasteiger partial charge on any atom is 0.354 e. The van der Waals surface area contributed by atoms with E-state index in [-0.39, 0.29) is 5.70 Å². The Balaban J connectivity index is 2.25. The first kappa shape index (κ1) is 16.8. The van der Waals surface area contributed by atoms with Gasteiger partial charge in [0.1, 0.15) is 5.70 Å². The van der Waals surface area contributed by atoms with Crippen LogP contribution >= 0.6 is 11.6 Å². The Morgan fingerprint density at radius 2 is 1.65 bits per heavy atom.